The van der Waals surface area contributed by atoms with Crippen LogP contribution in [0.5, 0.6) is 0 Å². The van der Waals surface area contributed by atoms with E-state index in [4.69, 9.17) is 5.11 Å². The van der Waals surface area contributed by atoms with Gasteiger partial charge < -0.3 is 10.4 Å². The van der Waals surface area contributed by atoms with Crippen LogP contribution in [-0.2, 0) is 16.0 Å². The van der Waals surface area contributed by atoms with Gasteiger partial charge in [-0.1, -0.05) is 38.1 Å². The second-order valence-corrected chi connectivity index (χ2v) is 6.00. The molecule has 0 spiro atoms. The first-order chi connectivity index (χ1) is 9.88. The number of carbonyl (C=O) groups is 2. The molecule has 0 saturated heterocycles. The van der Waals surface area contributed by atoms with Gasteiger partial charge in [-0.05, 0) is 36.3 Å². The van der Waals surface area contributed by atoms with E-state index in [1.807, 2.05) is 31.2 Å². The first-order valence-electron chi connectivity index (χ1n) is 7.41. The topological polar surface area (TPSA) is 66.4 Å². The molecular formula is C17H25NO3. The van der Waals surface area contributed by atoms with Gasteiger partial charge in [-0.2, -0.15) is 0 Å². The van der Waals surface area contributed by atoms with Crippen LogP contribution < -0.4 is 5.32 Å². The Balaban J connectivity index is 2.49. The summed E-state index contributed by atoms with van der Waals surface area (Å²) in [5.74, 6) is -0.455. The standard InChI is InChI=1S/C17H25NO3/c1-12(2)8-14(9-17(20)21)11-18-16(19)10-15-7-5-4-6-13(15)3/h4-7,12,14H,8-11H2,1-3H3,(H,18,19)(H,20,21)/t14-/m0/s1. The maximum atomic E-state index is 12.0. The minimum absolute atomic E-state index is 0.0108. The molecule has 1 rings (SSSR count). The zero-order valence-corrected chi connectivity index (χ0v) is 13.1. The Morgan fingerprint density at radius 3 is 2.48 bits per heavy atom. The molecule has 4 nitrogen and oxygen atoms in total. The maximum Gasteiger partial charge on any atom is 0.303 e. The Morgan fingerprint density at radius 2 is 1.90 bits per heavy atom. The van der Waals surface area contributed by atoms with Gasteiger partial charge in [0.2, 0.25) is 5.91 Å². The Kier molecular flexibility index (Phi) is 6.92. The van der Waals surface area contributed by atoms with Crippen molar-refractivity contribution in [2.75, 3.05) is 6.54 Å². The SMILES string of the molecule is Cc1ccccc1CC(=O)NC[C@H](CC(=O)O)CC(C)C. The van der Waals surface area contributed by atoms with Gasteiger partial charge in [0.1, 0.15) is 0 Å². The lowest BCUT2D eigenvalue weighted by Gasteiger charge is -2.18. The fourth-order valence-corrected chi connectivity index (χ4v) is 2.45. The molecule has 0 aliphatic carbocycles. The molecule has 0 radical (unpaired) electrons. The molecule has 116 valence electrons. The van der Waals surface area contributed by atoms with Gasteiger partial charge in [-0.3, -0.25) is 9.59 Å². The van der Waals surface area contributed by atoms with Crippen molar-refractivity contribution in [2.24, 2.45) is 11.8 Å². The molecule has 1 atom stereocenters. The van der Waals surface area contributed by atoms with Gasteiger partial charge in [0.25, 0.3) is 0 Å². The molecule has 1 aromatic rings. The molecule has 4 heteroatoms. The highest BCUT2D eigenvalue weighted by Gasteiger charge is 2.16. The Bertz CT molecular complexity index is 483. The number of amides is 1. The van der Waals surface area contributed by atoms with Crippen molar-refractivity contribution in [3.8, 4) is 0 Å². The largest absolute Gasteiger partial charge is 0.481 e. The number of hydrogen-bond acceptors (Lipinski definition) is 2. The van der Waals surface area contributed by atoms with E-state index in [0.717, 1.165) is 17.5 Å². The van der Waals surface area contributed by atoms with Gasteiger partial charge in [0.05, 0.1) is 6.42 Å². The number of carboxylic acid groups (broad SMARTS) is 1. The van der Waals surface area contributed by atoms with Crippen LogP contribution in [0.3, 0.4) is 0 Å². The quantitative estimate of drug-likeness (QED) is 0.774. The molecule has 21 heavy (non-hydrogen) atoms. The van der Waals surface area contributed by atoms with Crippen LogP contribution in [0.2, 0.25) is 0 Å². The summed E-state index contributed by atoms with van der Waals surface area (Å²) in [5, 5.41) is 11.8. The van der Waals surface area contributed by atoms with E-state index in [1.165, 1.54) is 0 Å². The molecule has 0 fully saturated rings. The second-order valence-electron chi connectivity index (χ2n) is 6.00. The molecule has 1 amide bonds. The summed E-state index contributed by atoms with van der Waals surface area (Å²) >= 11 is 0. The van der Waals surface area contributed by atoms with E-state index < -0.39 is 5.97 Å². The van der Waals surface area contributed by atoms with Crippen LogP contribution >= 0.6 is 0 Å². The van der Waals surface area contributed by atoms with Gasteiger partial charge in [0.15, 0.2) is 0 Å². The third-order valence-corrected chi connectivity index (χ3v) is 3.47. The van der Waals surface area contributed by atoms with Gasteiger partial charge >= 0.3 is 5.97 Å². The lowest BCUT2D eigenvalue weighted by molar-refractivity contribution is -0.138. The first kappa shape index (κ1) is 17.2. The highest BCUT2D eigenvalue weighted by Crippen LogP contribution is 2.15. The molecule has 0 saturated carbocycles. The second kappa shape index (κ2) is 8.45. The van der Waals surface area contributed by atoms with E-state index in [1.54, 1.807) is 0 Å². The number of rotatable bonds is 8. The minimum atomic E-state index is -0.811. The molecule has 0 heterocycles. The average Bonchev–Trinajstić information content (AvgIpc) is 2.37. The van der Waals surface area contributed by atoms with E-state index in [0.29, 0.717) is 18.9 Å². The highest BCUT2D eigenvalue weighted by molar-refractivity contribution is 5.79. The van der Waals surface area contributed by atoms with Crippen molar-refractivity contribution >= 4 is 11.9 Å². The van der Waals surface area contributed by atoms with Crippen molar-refractivity contribution in [1.82, 2.24) is 5.32 Å². The number of carboxylic acids is 1. The molecule has 0 aliphatic rings. The Morgan fingerprint density at radius 1 is 1.24 bits per heavy atom. The van der Waals surface area contributed by atoms with Crippen molar-refractivity contribution in [3.63, 3.8) is 0 Å². The summed E-state index contributed by atoms with van der Waals surface area (Å²) in [6.45, 7) is 6.53. The molecule has 0 unspecified atom stereocenters. The molecule has 0 aromatic heterocycles. The Hall–Kier alpha value is -1.84. The maximum absolute atomic E-state index is 12.0. The fraction of sp³-hybridized carbons (Fsp3) is 0.529. The van der Waals surface area contributed by atoms with Crippen LogP contribution in [-0.4, -0.2) is 23.5 Å². The van der Waals surface area contributed by atoms with Crippen LogP contribution in [0.25, 0.3) is 0 Å². The predicted octanol–water partition coefficient (Wildman–Crippen LogP) is 2.79. The molecule has 0 bridgehead atoms. The summed E-state index contributed by atoms with van der Waals surface area (Å²) in [7, 11) is 0. The summed E-state index contributed by atoms with van der Waals surface area (Å²) < 4.78 is 0. The summed E-state index contributed by atoms with van der Waals surface area (Å²) in [5.41, 5.74) is 2.10. The Labute approximate surface area is 126 Å². The molecule has 2 N–H and O–H groups in total. The normalized spacial score (nSPS) is 12.2. The predicted molar refractivity (Wildman–Crippen MR) is 83.1 cm³/mol. The van der Waals surface area contributed by atoms with Crippen LogP contribution in [0.4, 0.5) is 0 Å². The molecule has 1 aromatic carbocycles. The van der Waals surface area contributed by atoms with E-state index >= 15 is 0 Å². The minimum Gasteiger partial charge on any atom is -0.481 e. The number of benzene rings is 1. The molecular weight excluding hydrogens is 266 g/mol. The number of nitrogens with one attached hydrogen (secondary N) is 1. The number of aliphatic carboxylic acids is 1. The van der Waals surface area contributed by atoms with E-state index in [9.17, 15) is 9.59 Å². The van der Waals surface area contributed by atoms with Crippen molar-refractivity contribution in [3.05, 3.63) is 35.4 Å². The smallest absolute Gasteiger partial charge is 0.303 e. The van der Waals surface area contributed by atoms with Crippen LogP contribution in [0, 0.1) is 18.8 Å². The third kappa shape index (κ3) is 6.93. The summed E-state index contributed by atoms with van der Waals surface area (Å²) in [6.07, 6.45) is 1.24. The fourth-order valence-electron chi connectivity index (χ4n) is 2.45. The van der Waals surface area contributed by atoms with Gasteiger partial charge in [-0.15, -0.1) is 0 Å². The monoisotopic (exact) mass is 291 g/mol. The summed E-state index contributed by atoms with van der Waals surface area (Å²) in [6, 6.07) is 7.79. The van der Waals surface area contributed by atoms with E-state index in [-0.39, 0.29) is 18.2 Å². The number of hydrogen-bond donors (Lipinski definition) is 2. The summed E-state index contributed by atoms with van der Waals surface area (Å²) in [4.78, 5) is 22.8. The lowest BCUT2D eigenvalue weighted by Crippen LogP contribution is -2.32. The number of aryl methyl sites for hydroxylation is 1. The number of carbonyl (C=O) groups excluding carboxylic acids is 1. The van der Waals surface area contributed by atoms with E-state index in [2.05, 4.69) is 19.2 Å². The zero-order chi connectivity index (χ0) is 15.8. The first-order valence-corrected chi connectivity index (χ1v) is 7.41. The van der Waals surface area contributed by atoms with Crippen LogP contribution in [0.1, 0.15) is 37.8 Å². The van der Waals surface area contributed by atoms with Crippen molar-refractivity contribution in [2.45, 2.75) is 40.0 Å². The van der Waals surface area contributed by atoms with Crippen molar-refractivity contribution in [1.29, 1.82) is 0 Å². The third-order valence-electron chi connectivity index (χ3n) is 3.47. The van der Waals surface area contributed by atoms with Gasteiger partial charge in [-0.25, -0.2) is 0 Å². The highest BCUT2D eigenvalue weighted by atomic mass is 16.4. The van der Waals surface area contributed by atoms with Gasteiger partial charge in [0, 0.05) is 13.0 Å². The lowest BCUT2D eigenvalue weighted by atomic mass is 9.94. The average molecular weight is 291 g/mol. The zero-order valence-electron chi connectivity index (χ0n) is 13.1. The van der Waals surface area contributed by atoms with Crippen molar-refractivity contribution < 1.29 is 14.7 Å². The van der Waals surface area contributed by atoms with Crippen LogP contribution in [0.15, 0.2) is 24.3 Å². The molecule has 0 aliphatic heterocycles.